The molecule has 2 rings (SSSR count). The highest BCUT2D eigenvalue weighted by Crippen LogP contribution is 2.29. The molecule has 0 amide bonds. The van der Waals surface area contributed by atoms with E-state index in [9.17, 15) is 13.2 Å². The molecule has 6 heteroatoms. The van der Waals surface area contributed by atoms with E-state index in [1.54, 1.807) is 11.3 Å². The van der Waals surface area contributed by atoms with Gasteiger partial charge in [-0.25, -0.2) is 4.98 Å². The molecule has 20 heavy (non-hydrogen) atoms. The Balaban J connectivity index is 1.97. The zero-order chi connectivity index (χ0) is 14.8. The van der Waals surface area contributed by atoms with Gasteiger partial charge in [0.1, 0.15) is 0 Å². The molecule has 0 aliphatic rings. The van der Waals surface area contributed by atoms with E-state index in [1.807, 2.05) is 20.0 Å². The summed E-state index contributed by atoms with van der Waals surface area (Å²) in [4.78, 5) is 5.27. The molecule has 0 saturated heterocycles. The van der Waals surface area contributed by atoms with Crippen LogP contribution < -0.4 is 5.32 Å². The highest BCUT2D eigenvalue weighted by Gasteiger charge is 2.30. The second-order valence-corrected chi connectivity index (χ2v) is 5.89. The molecule has 2 aromatic rings. The lowest BCUT2D eigenvalue weighted by Gasteiger charge is -2.14. The first-order valence-corrected chi connectivity index (χ1v) is 7.00. The summed E-state index contributed by atoms with van der Waals surface area (Å²) in [6, 6.07) is 5.24. The third-order valence-corrected chi connectivity index (χ3v) is 3.90. The Morgan fingerprint density at radius 3 is 2.40 bits per heavy atom. The van der Waals surface area contributed by atoms with Crippen molar-refractivity contribution in [2.24, 2.45) is 0 Å². The molecule has 0 aliphatic heterocycles. The number of aryl methyl sites for hydroxylation is 1. The van der Waals surface area contributed by atoms with Crippen molar-refractivity contribution in [2.45, 2.75) is 32.6 Å². The van der Waals surface area contributed by atoms with Crippen LogP contribution in [0.2, 0.25) is 0 Å². The van der Waals surface area contributed by atoms with Crippen LogP contribution in [-0.4, -0.2) is 4.98 Å². The fraction of sp³-hybridized carbons (Fsp3) is 0.357. The van der Waals surface area contributed by atoms with Crippen molar-refractivity contribution in [3.8, 4) is 0 Å². The maximum Gasteiger partial charge on any atom is 0.416 e. The lowest BCUT2D eigenvalue weighted by Crippen LogP contribution is -2.17. The Bertz CT molecular complexity index is 561. The Kier molecular flexibility index (Phi) is 4.45. The normalized spacial score (nSPS) is 13.4. The average Bonchev–Trinajstić information content (AvgIpc) is 2.81. The smallest absolute Gasteiger partial charge is 0.305 e. The minimum atomic E-state index is -4.28. The zero-order valence-electron chi connectivity index (χ0n) is 11.2. The third-order valence-electron chi connectivity index (χ3n) is 2.99. The fourth-order valence-corrected chi connectivity index (χ4v) is 2.57. The number of benzene rings is 1. The average molecular weight is 300 g/mol. The predicted molar refractivity (Wildman–Crippen MR) is 73.5 cm³/mol. The van der Waals surface area contributed by atoms with E-state index in [2.05, 4.69) is 10.3 Å². The van der Waals surface area contributed by atoms with Gasteiger partial charge in [0.15, 0.2) is 0 Å². The molecular weight excluding hydrogens is 285 g/mol. The number of thiazole rings is 1. The Morgan fingerprint density at radius 1 is 1.25 bits per heavy atom. The number of aromatic nitrogens is 1. The van der Waals surface area contributed by atoms with Crippen LogP contribution >= 0.6 is 11.3 Å². The van der Waals surface area contributed by atoms with Gasteiger partial charge in [0.2, 0.25) is 0 Å². The van der Waals surface area contributed by atoms with Crippen molar-refractivity contribution in [1.29, 1.82) is 0 Å². The first kappa shape index (κ1) is 15.0. The monoisotopic (exact) mass is 300 g/mol. The Labute approximate surface area is 119 Å². The second-order valence-electron chi connectivity index (χ2n) is 4.57. The first-order chi connectivity index (χ1) is 9.36. The summed E-state index contributed by atoms with van der Waals surface area (Å²) in [6.45, 7) is 4.53. The van der Waals surface area contributed by atoms with E-state index >= 15 is 0 Å². The molecule has 1 atom stereocenters. The number of nitrogens with one attached hydrogen (secondary N) is 1. The van der Waals surface area contributed by atoms with E-state index in [-0.39, 0.29) is 6.04 Å². The summed E-state index contributed by atoms with van der Waals surface area (Å²) in [7, 11) is 0. The summed E-state index contributed by atoms with van der Waals surface area (Å²) in [6.07, 6.45) is -2.47. The van der Waals surface area contributed by atoms with Gasteiger partial charge in [0, 0.05) is 23.7 Å². The number of nitrogens with zero attached hydrogens (tertiary/aromatic N) is 1. The minimum absolute atomic E-state index is 0.0142. The van der Waals surface area contributed by atoms with Gasteiger partial charge in [-0.3, -0.25) is 0 Å². The first-order valence-electron chi connectivity index (χ1n) is 6.18. The quantitative estimate of drug-likeness (QED) is 0.909. The van der Waals surface area contributed by atoms with Crippen LogP contribution in [0.15, 0.2) is 30.5 Å². The van der Waals surface area contributed by atoms with E-state index < -0.39 is 11.7 Å². The van der Waals surface area contributed by atoms with Gasteiger partial charge in [-0.1, -0.05) is 12.1 Å². The van der Waals surface area contributed by atoms with Crippen LogP contribution in [0.5, 0.6) is 0 Å². The van der Waals surface area contributed by atoms with Crippen molar-refractivity contribution >= 4 is 11.3 Å². The van der Waals surface area contributed by atoms with Gasteiger partial charge < -0.3 is 5.32 Å². The molecule has 0 spiro atoms. The van der Waals surface area contributed by atoms with E-state index in [4.69, 9.17) is 0 Å². The number of rotatable bonds is 4. The summed E-state index contributed by atoms with van der Waals surface area (Å²) in [5.74, 6) is 0. The number of hydrogen-bond acceptors (Lipinski definition) is 3. The fourth-order valence-electron chi connectivity index (χ4n) is 1.82. The van der Waals surface area contributed by atoms with Crippen LogP contribution in [0.25, 0.3) is 0 Å². The van der Waals surface area contributed by atoms with Crippen LogP contribution in [0, 0.1) is 6.92 Å². The SMILES string of the molecule is Cc1ncc(CNC(C)c2ccc(C(F)(F)F)cc2)s1. The number of alkyl halides is 3. The highest BCUT2D eigenvalue weighted by atomic mass is 32.1. The van der Waals surface area contributed by atoms with Gasteiger partial charge in [-0.2, -0.15) is 13.2 Å². The molecule has 0 radical (unpaired) electrons. The van der Waals surface area contributed by atoms with Gasteiger partial charge in [0.25, 0.3) is 0 Å². The Hall–Kier alpha value is -1.40. The molecule has 1 aromatic heterocycles. The molecule has 0 fully saturated rings. The maximum absolute atomic E-state index is 12.5. The van der Waals surface area contributed by atoms with Gasteiger partial charge in [0.05, 0.1) is 10.6 Å². The number of halogens is 3. The molecule has 0 bridgehead atoms. The summed E-state index contributed by atoms with van der Waals surface area (Å²) >= 11 is 1.61. The van der Waals surface area contributed by atoms with Gasteiger partial charge in [-0.05, 0) is 31.5 Å². The molecule has 1 N–H and O–H groups in total. The molecule has 1 unspecified atom stereocenters. The summed E-state index contributed by atoms with van der Waals surface area (Å²) in [5.41, 5.74) is 0.214. The standard InChI is InChI=1S/C14H15F3N2S/c1-9(18-7-13-8-19-10(2)20-13)11-3-5-12(6-4-11)14(15,16)17/h3-6,8-9,18H,7H2,1-2H3. The second kappa shape index (κ2) is 5.93. The van der Waals surface area contributed by atoms with Crippen molar-refractivity contribution in [3.63, 3.8) is 0 Å². The highest BCUT2D eigenvalue weighted by molar-refractivity contribution is 7.11. The van der Waals surface area contributed by atoms with Crippen LogP contribution in [0.3, 0.4) is 0 Å². The minimum Gasteiger partial charge on any atom is -0.305 e. The molecule has 0 aliphatic carbocycles. The predicted octanol–water partition coefficient (Wildman–Crippen LogP) is 4.32. The molecular formula is C14H15F3N2S. The summed E-state index contributed by atoms with van der Waals surface area (Å²) < 4.78 is 37.4. The van der Waals surface area contributed by atoms with E-state index in [0.29, 0.717) is 6.54 Å². The van der Waals surface area contributed by atoms with E-state index in [0.717, 1.165) is 27.6 Å². The molecule has 1 aromatic carbocycles. The van der Waals surface area contributed by atoms with Crippen molar-refractivity contribution in [1.82, 2.24) is 10.3 Å². The molecule has 1 heterocycles. The van der Waals surface area contributed by atoms with Crippen LogP contribution in [0.1, 0.15) is 34.0 Å². The zero-order valence-corrected chi connectivity index (χ0v) is 12.0. The third kappa shape index (κ3) is 3.80. The van der Waals surface area contributed by atoms with Crippen LogP contribution in [0.4, 0.5) is 13.2 Å². The topological polar surface area (TPSA) is 24.9 Å². The lowest BCUT2D eigenvalue weighted by atomic mass is 10.1. The van der Waals surface area contributed by atoms with Crippen molar-refractivity contribution in [2.75, 3.05) is 0 Å². The van der Waals surface area contributed by atoms with Crippen LogP contribution in [-0.2, 0) is 12.7 Å². The Morgan fingerprint density at radius 2 is 1.90 bits per heavy atom. The number of hydrogen-bond donors (Lipinski definition) is 1. The lowest BCUT2D eigenvalue weighted by molar-refractivity contribution is -0.137. The van der Waals surface area contributed by atoms with Gasteiger partial charge in [-0.15, -0.1) is 11.3 Å². The molecule has 0 saturated carbocycles. The van der Waals surface area contributed by atoms with Crippen molar-refractivity contribution in [3.05, 3.63) is 51.5 Å². The largest absolute Gasteiger partial charge is 0.416 e. The molecule has 2 nitrogen and oxygen atoms in total. The molecule has 108 valence electrons. The van der Waals surface area contributed by atoms with Gasteiger partial charge >= 0.3 is 6.18 Å². The van der Waals surface area contributed by atoms with Crippen molar-refractivity contribution < 1.29 is 13.2 Å². The summed E-state index contributed by atoms with van der Waals surface area (Å²) in [5, 5.41) is 4.28. The maximum atomic E-state index is 12.5. The van der Waals surface area contributed by atoms with E-state index in [1.165, 1.54) is 12.1 Å².